The Hall–Kier alpha value is -1.64. The van der Waals surface area contributed by atoms with Crippen LogP contribution in [0.15, 0.2) is 45.9 Å². The van der Waals surface area contributed by atoms with E-state index in [9.17, 15) is 13.2 Å². The van der Waals surface area contributed by atoms with Crippen LogP contribution in [0.25, 0.3) is 0 Å². The molecule has 8 heteroatoms. The molecule has 0 bridgehead atoms. The molecule has 26 heavy (non-hydrogen) atoms. The molecule has 0 saturated carbocycles. The van der Waals surface area contributed by atoms with Gasteiger partial charge in [0.05, 0.1) is 10.9 Å². The number of hydrogen-bond acceptors (Lipinski definition) is 3. The first-order valence-corrected chi connectivity index (χ1v) is 10.7. The number of nitrogens with zero attached hydrogens (tertiary/aromatic N) is 2. The standard InChI is InChI=1S/C18H24BrN3O3S/c1-5-22(6-2)26(24,25)16-9-7-14(8-10-16)13(3)20-18(23)17-11-15(19)12-21(17)4/h7-13H,5-6H2,1-4H3,(H,20,23). The summed E-state index contributed by atoms with van der Waals surface area (Å²) in [6.07, 6.45) is 1.81. The number of rotatable bonds is 7. The number of nitrogens with one attached hydrogen (secondary N) is 1. The molecule has 142 valence electrons. The van der Waals surface area contributed by atoms with Crippen molar-refractivity contribution in [2.24, 2.45) is 7.05 Å². The van der Waals surface area contributed by atoms with Gasteiger partial charge in [0.15, 0.2) is 0 Å². The van der Waals surface area contributed by atoms with E-state index in [0.717, 1.165) is 10.0 Å². The molecule has 0 aliphatic heterocycles. The fourth-order valence-corrected chi connectivity index (χ4v) is 4.73. The van der Waals surface area contributed by atoms with Gasteiger partial charge in [-0.05, 0) is 46.6 Å². The summed E-state index contributed by atoms with van der Waals surface area (Å²) < 4.78 is 29.1. The normalized spacial score (nSPS) is 13.0. The lowest BCUT2D eigenvalue weighted by atomic mass is 10.1. The molecule has 1 aromatic heterocycles. The molecule has 2 aromatic rings. The second-order valence-corrected chi connectivity index (χ2v) is 8.86. The van der Waals surface area contributed by atoms with Crippen LogP contribution >= 0.6 is 15.9 Å². The zero-order valence-corrected chi connectivity index (χ0v) is 17.8. The van der Waals surface area contributed by atoms with E-state index in [2.05, 4.69) is 21.2 Å². The highest BCUT2D eigenvalue weighted by Crippen LogP contribution is 2.20. The van der Waals surface area contributed by atoms with Crippen molar-refractivity contribution in [1.29, 1.82) is 0 Å². The second kappa shape index (κ2) is 8.37. The molecule has 0 aliphatic rings. The lowest BCUT2D eigenvalue weighted by Crippen LogP contribution is -2.30. The molecule has 0 radical (unpaired) electrons. The number of carbonyl (C=O) groups excluding carboxylic acids is 1. The average Bonchev–Trinajstić information content (AvgIpc) is 2.94. The van der Waals surface area contributed by atoms with Crippen molar-refractivity contribution in [3.8, 4) is 0 Å². The quantitative estimate of drug-likeness (QED) is 0.715. The van der Waals surface area contributed by atoms with Crippen LogP contribution < -0.4 is 5.32 Å². The van der Waals surface area contributed by atoms with E-state index < -0.39 is 10.0 Å². The van der Waals surface area contributed by atoms with Gasteiger partial charge in [0.25, 0.3) is 5.91 Å². The number of aryl methyl sites for hydroxylation is 1. The van der Waals surface area contributed by atoms with Crippen LogP contribution in [0.1, 0.15) is 42.9 Å². The van der Waals surface area contributed by atoms with E-state index in [4.69, 9.17) is 0 Å². The van der Waals surface area contributed by atoms with Gasteiger partial charge >= 0.3 is 0 Å². The number of hydrogen-bond donors (Lipinski definition) is 1. The first-order valence-electron chi connectivity index (χ1n) is 8.43. The fourth-order valence-electron chi connectivity index (χ4n) is 2.74. The third kappa shape index (κ3) is 4.36. The molecule has 1 atom stereocenters. The molecule has 1 aromatic carbocycles. The van der Waals surface area contributed by atoms with Crippen LogP contribution in [0.5, 0.6) is 0 Å². The van der Waals surface area contributed by atoms with Crippen molar-refractivity contribution in [3.05, 3.63) is 52.3 Å². The number of amides is 1. The maximum atomic E-state index is 12.5. The van der Waals surface area contributed by atoms with Gasteiger partial charge in [0, 0.05) is 30.8 Å². The molecule has 1 N–H and O–H groups in total. The predicted octanol–water partition coefficient (Wildman–Crippen LogP) is 3.31. The molecule has 1 amide bonds. The van der Waals surface area contributed by atoms with E-state index in [1.165, 1.54) is 4.31 Å². The Morgan fingerprint density at radius 2 is 1.81 bits per heavy atom. The third-order valence-electron chi connectivity index (χ3n) is 4.28. The summed E-state index contributed by atoms with van der Waals surface area (Å²) in [7, 11) is -1.67. The van der Waals surface area contributed by atoms with Gasteiger partial charge in [0.1, 0.15) is 5.69 Å². The molecular weight excluding hydrogens is 418 g/mol. The molecule has 0 saturated heterocycles. The van der Waals surface area contributed by atoms with Gasteiger partial charge in [-0.25, -0.2) is 8.42 Å². The Balaban J connectivity index is 2.15. The first-order chi connectivity index (χ1) is 12.2. The summed E-state index contributed by atoms with van der Waals surface area (Å²) >= 11 is 3.35. The highest BCUT2D eigenvalue weighted by Gasteiger charge is 2.22. The summed E-state index contributed by atoms with van der Waals surface area (Å²) in [5.41, 5.74) is 1.38. The van der Waals surface area contributed by atoms with Gasteiger partial charge in [-0.1, -0.05) is 26.0 Å². The smallest absolute Gasteiger partial charge is 0.268 e. The topological polar surface area (TPSA) is 71.4 Å². The Bertz CT molecular complexity index is 872. The molecule has 2 rings (SSSR count). The van der Waals surface area contributed by atoms with Crippen molar-refractivity contribution in [2.45, 2.75) is 31.7 Å². The summed E-state index contributed by atoms with van der Waals surface area (Å²) in [4.78, 5) is 12.7. The number of benzene rings is 1. The first kappa shape index (κ1) is 20.7. The maximum absolute atomic E-state index is 12.5. The number of aromatic nitrogens is 1. The maximum Gasteiger partial charge on any atom is 0.268 e. The molecule has 1 heterocycles. The SMILES string of the molecule is CCN(CC)S(=O)(=O)c1ccc(C(C)NC(=O)c2cc(Br)cn2C)cc1. The lowest BCUT2D eigenvalue weighted by Gasteiger charge is -2.19. The Morgan fingerprint density at radius 3 is 2.27 bits per heavy atom. The van der Waals surface area contributed by atoms with Crippen LogP contribution in [0.3, 0.4) is 0 Å². The van der Waals surface area contributed by atoms with Crippen molar-refractivity contribution < 1.29 is 13.2 Å². The molecule has 1 unspecified atom stereocenters. The zero-order chi connectivity index (χ0) is 19.5. The van der Waals surface area contributed by atoms with Gasteiger partial charge in [-0.3, -0.25) is 4.79 Å². The summed E-state index contributed by atoms with van der Waals surface area (Å²) in [6, 6.07) is 8.16. The Kier molecular flexibility index (Phi) is 6.65. The summed E-state index contributed by atoms with van der Waals surface area (Å²) in [6.45, 7) is 6.35. The largest absolute Gasteiger partial charge is 0.345 e. The van der Waals surface area contributed by atoms with Crippen molar-refractivity contribution >= 4 is 31.9 Å². The van der Waals surface area contributed by atoms with Crippen molar-refractivity contribution in [1.82, 2.24) is 14.2 Å². The average molecular weight is 442 g/mol. The minimum atomic E-state index is -3.48. The number of sulfonamides is 1. The van der Waals surface area contributed by atoms with Crippen LogP contribution in [-0.4, -0.2) is 36.3 Å². The second-order valence-electron chi connectivity index (χ2n) is 6.01. The third-order valence-corrected chi connectivity index (χ3v) is 6.77. The predicted molar refractivity (Wildman–Crippen MR) is 106 cm³/mol. The number of carbonyl (C=O) groups is 1. The van der Waals surface area contributed by atoms with Crippen molar-refractivity contribution in [2.75, 3.05) is 13.1 Å². The van der Waals surface area contributed by atoms with Gasteiger partial charge < -0.3 is 9.88 Å². The fraction of sp³-hybridized carbons (Fsp3) is 0.389. The zero-order valence-electron chi connectivity index (χ0n) is 15.4. The highest BCUT2D eigenvalue weighted by atomic mass is 79.9. The Labute approximate surface area is 163 Å². The molecule has 6 nitrogen and oxygen atoms in total. The van der Waals surface area contributed by atoms with E-state index in [1.807, 2.05) is 27.0 Å². The number of halogens is 1. The van der Waals surface area contributed by atoms with Crippen LogP contribution in [-0.2, 0) is 17.1 Å². The molecule has 0 aliphatic carbocycles. The summed E-state index contributed by atoms with van der Waals surface area (Å²) in [5.74, 6) is -0.189. The summed E-state index contributed by atoms with van der Waals surface area (Å²) in [5, 5.41) is 2.93. The monoisotopic (exact) mass is 441 g/mol. The van der Waals surface area contributed by atoms with E-state index >= 15 is 0 Å². The lowest BCUT2D eigenvalue weighted by molar-refractivity contribution is 0.0931. The molecular formula is C18H24BrN3O3S. The van der Waals surface area contributed by atoms with Gasteiger partial charge in [-0.2, -0.15) is 4.31 Å². The van der Waals surface area contributed by atoms with E-state index in [1.54, 1.807) is 41.9 Å². The van der Waals surface area contributed by atoms with E-state index in [0.29, 0.717) is 18.8 Å². The van der Waals surface area contributed by atoms with Gasteiger partial charge in [0.2, 0.25) is 10.0 Å². The highest BCUT2D eigenvalue weighted by molar-refractivity contribution is 9.10. The molecule has 0 spiro atoms. The van der Waals surface area contributed by atoms with Crippen LogP contribution in [0.4, 0.5) is 0 Å². The molecule has 0 fully saturated rings. The van der Waals surface area contributed by atoms with E-state index in [-0.39, 0.29) is 16.8 Å². The minimum absolute atomic E-state index is 0.189. The Morgan fingerprint density at radius 1 is 1.23 bits per heavy atom. The van der Waals surface area contributed by atoms with Gasteiger partial charge in [-0.15, -0.1) is 0 Å². The van der Waals surface area contributed by atoms with Crippen LogP contribution in [0, 0.1) is 0 Å². The van der Waals surface area contributed by atoms with Crippen LogP contribution in [0.2, 0.25) is 0 Å². The van der Waals surface area contributed by atoms with Crippen molar-refractivity contribution in [3.63, 3.8) is 0 Å². The minimum Gasteiger partial charge on any atom is -0.345 e.